The van der Waals surface area contributed by atoms with Crippen LogP contribution in [0.2, 0.25) is 0 Å². The van der Waals surface area contributed by atoms with E-state index in [-0.39, 0.29) is 0 Å². The summed E-state index contributed by atoms with van der Waals surface area (Å²) in [6, 6.07) is 5.81. The number of methoxy groups -OCH3 is 1. The lowest BCUT2D eigenvalue weighted by Crippen LogP contribution is -2.31. The van der Waals surface area contributed by atoms with Crippen LogP contribution in [-0.4, -0.2) is 26.1 Å². The van der Waals surface area contributed by atoms with E-state index in [9.17, 15) is 0 Å². The Kier molecular flexibility index (Phi) is 5.97. The molecule has 0 spiro atoms. The molecule has 0 aliphatic rings. The average Bonchev–Trinajstić information content (AvgIpc) is 2.26. The quantitative estimate of drug-likeness (QED) is 0.287. The number of nitrogens with zero attached hydrogens (tertiary/aromatic N) is 1. The lowest BCUT2D eigenvalue weighted by Gasteiger charge is -2.08. The summed E-state index contributed by atoms with van der Waals surface area (Å²) in [7, 11) is 1.64. The Balaban J connectivity index is 2.90. The van der Waals surface area contributed by atoms with E-state index in [1.54, 1.807) is 7.11 Å². The third-order valence-corrected chi connectivity index (χ3v) is 3.04. The first-order chi connectivity index (χ1) is 7.69. The van der Waals surface area contributed by atoms with Gasteiger partial charge < -0.3 is 10.2 Å². The number of nitrogens with two attached hydrogens (primary N) is 1. The number of rotatable bonds is 4. The normalized spacial score (nSPS) is 11.6. The standard InChI is InChI=1S/C10H13Br2N3O/c1-16-5-4-14-10(15-13)8-3-2-7(11)6-9(8)12/h2-3,6H,4-5,13H2,1H3,(H,14,15). The summed E-state index contributed by atoms with van der Waals surface area (Å²) in [4.78, 5) is 4.30. The lowest BCUT2D eigenvalue weighted by atomic mass is 10.2. The summed E-state index contributed by atoms with van der Waals surface area (Å²) < 4.78 is 6.85. The fourth-order valence-corrected chi connectivity index (χ4v) is 2.37. The van der Waals surface area contributed by atoms with Crippen molar-refractivity contribution in [2.45, 2.75) is 0 Å². The van der Waals surface area contributed by atoms with E-state index >= 15 is 0 Å². The van der Waals surface area contributed by atoms with Crippen molar-refractivity contribution in [1.82, 2.24) is 5.43 Å². The van der Waals surface area contributed by atoms with Crippen molar-refractivity contribution in [1.29, 1.82) is 0 Å². The van der Waals surface area contributed by atoms with Crippen LogP contribution in [0.1, 0.15) is 5.56 Å². The molecule has 0 saturated heterocycles. The molecule has 0 amide bonds. The van der Waals surface area contributed by atoms with Gasteiger partial charge in [0.05, 0.1) is 13.2 Å². The highest BCUT2D eigenvalue weighted by Crippen LogP contribution is 2.21. The van der Waals surface area contributed by atoms with E-state index in [0.717, 1.165) is 14.5 Å². The maximum Gasteiger partial charge on any atom is 0.143 e. The van der Waals surface area contributed by atoms with E-state index in [1.165, 1.54) is 0 Å². The van der Waals surface area contributed by atoms with Gasteiger partial charge in [-0.3, -0.25) is 4.99 Å². The first-order valence-corrected chi connectivity index (χ1v) is 6.23. The van der Waals surface area contributed by atoms with Crippen LogP contribution in [0.15, 0.2) is 32.1 Å². The van der Waals surface area contributed by atoms with Crippen molar-refractivity contribution in [3.63, 3.8) is 0 Å². The van der Waals surface area contributed by atoms with Crippen molar-refractivity contribution in [2.24, 2.45) is 10.8 Å². The molecule has 0 aliphatic heterocycles. The number of hydrogen-bond donors (Lipinski definition) is 2. The van der Waals surface area contributed by atoms with Gasteiger partial charge in [-0.15, -0.1) is 0 Å². The largest absolute Gasteiger partial charge is 0.383 e. The molecule has 0 fully saturated rings. The van der Waals surface area contributed by atoms with Crippen molar-refractivity contribution in [3.05, 3.63) is 32.7 Å². The molecule has 88 valence electrons. The topological polar surface area (TPSA) is 59.6 Å². The van der Waals surface area contributed by atoms with Gasteiger partial charge in [0.25, 0.3) is 0 Å². The van der Waals surface area contributed by atoms with Crippen LogP contribution < -0.4 is 11.3 Å². The Morgan fingerprint density at radius 1 is 1.50 bits per heavy atom. The molecule has 3 N–H and O–H groups in total. The zero-order valence-corrected chi connectivity index (χ0v) is 12.0. The Bertz CT molecular complexity index is 382. The molecule has 1 rings (SSSR count). The summed E-state index contributed by atoms with van der Waals surface area (Å²) >= 11 is 6.85. The number of nitrogens with one attached hydrogen (secondary N) is 1. The van der Waals surface area contributed by atoms with E-state index in [4.69, 9.17) is 10.6 Å². The number of amidine groups is 1. The molecule has 1 aromatic rings. The summed E-state index contributed by atoms with van der Waals surface area (Å²) in [5.41, 5.74) is 3.51. The van der Waals surface area contributed by atoms with Gasteiger partial charge in [0.1, 0.15) is 5.84 Å². The maximum atomic E-state index is 5.44. The predicted octanol–water partition coefficient (Wildman–Crippen LogP) is 2.07. The van der Waals surface area contributed by atoms with Gasteiger partial charge in [0.2, 0.25) is 0 Å². The molecule has 4 nitrogen and oxygen atoms in total. The Morgan fingerprint density at radius 3 is 2.81 bits per heavy atom. The number of benzene rings is 1. The first kappa shape index (κ1) is 13.6. The van der Waals surface area contributed by atoms with E-state index in [0.29, 0.717) is 19.0 Å². The zero-order chi connectivity index (χ0) is 12.0. The van der Waals surface area contributed by atoms with Crippen LogP contribution >= 0.6 is 31.9 Å². The minimum Gasteiger partial charge on any atom is -0.383 e. The number of hydrogen-bond acceptors (Lipinski definition) is 3. The lowest BCUT2D eigenvalue weighted by molar-refractivity contribution is 0.208. The zero-order valence-electron chi connectivity index (χ0n) is 8.84. The van der Waals surface area contributed by atoms with Crippen molar-refractivity contribution in [3.8, 4) is 0 Å². The van der Waals surface area contributed by atoms with Gasteiger partial charge in [-0.2, -0.15) is 0 Å². The minimum atomic E-state index is 0.568. The highest BCUT2D eigenvalue weighted by atomic mass is 79.9. The van der Waals surface area contributed by atoms with Crippen LogP contribution in [0.3, 0.4) is 0 Å². The minimum absolute atomic E-state index is 0.568. The van der Waals surface area contributed by atoms with Gasteiger partial charge in [0.15, 0.2) is 0 Å². The fourth-order valence-electron chi connectivity index (χ4n) is 1.14. The molecule has 0 aromatic heterocycles. The van der Waals surface area contributed by atoms with Crippen molar-refractivity contribution >= 4 is 37.7 Å². The number of ether oxygens (including phenoxy) is 1. The number of halogens is 2. The SMILES string of the molecule is COCCN=C(NN)c1ccc(Br)cc1Br. The van der Waals surface area contributed by atoms with Gasteiger partial charge >= 0.3 is 0 Å². The average molecular weight is 351 g/mol. The van der Waals surface area contributed by atoms with Crippen molar-refractivity contribution in [2.75, 3.05) is 20.3 Å². The van der Waals surface area contributed by atoms with E-state index in [1.807, 2.05) is 18.2 Å². The second-order valence-electron chi connectivity index (χ2n) is 2.99. The van der Waals surface area contributed by atoms with Gasteiger partial charge in [-0.25, -0.2) is 5.84 Å². The molecular formula is C10H13Br2N3O. The summed E-state index contributed by atoms with van der Waals surface area (Å²) in [5.74, 6) is 6.08. The highest BCUT2D eigenvalue weighted by molar-refractivity contribution is 9.11. The smallest absolute Gasteiger partial charge is 0.143 e. The number of aliphatic imine (C=N–C) groups is 1. The molecule has 0 atom stereocenters. The molecule has 0 radical (unpaired) electrons. The molecule has 16 heavy (non-hydrogen) atoms. The molecule has 6 heteroatoms. The van der Waals surface area contributed by atoms with Crippen LogP contribution in [0.25, 0.3) is 0 Å². The first-order valence-electron chi connectivity index (χ1n) is 4.64. The molecule has 1 aromatic carbocycles. The molecule has 0 heterocycles. The predicted molar refractivity (Wildman–Crippen MR) is 72.4 cm³/mol. The highest BCUT2D eigenvalue weighted by Gasteiger charge is 2.06. The van der Waals surface area contributed by atoms with Crippen molar-refractivity contribution < 1.29 is 4.74 Å². The molecule has 0 saturated carbocycles. The summed E-state index contributed by atoms with van der Waals surface area (Å²) in [5, 5.41) is 0. The van der Waals surface area contributed by atoms with Crippen LogP contribution in [0, 0.1) is 0 Å². The Morgan fingerprint density at radius 2 is 2.25 bits per heavy atom. The molecule has 0 aliphatic carbocycles. The fraction of sp³-hybridized carbons (Fsp3) is 0.300. The third-order valence-electron chi connectivity index (χ3n) is 1.89. The molecule has 0 bridgehead atoms. The van der Waals surface area contributed by atoms with Gasteiger partial charge in [-0.05, 0) is 34.1 Å². The molecular weight excluding hydrogens is 338 g/mol. The summed E-state index contributed by atoms with van der Waals surface area (Å²) in [6.45, 7) is 1.14. The second kappa shape index (κ2) is 7.01. The number of hydrazine groups is 1. The molecule has 0 unspecified atom stereocenters. The monoisotopic (exact) mass is 349 g/mol. The summed E-state index contributed by atoms with van der Waals surface area (Å²) in [6.07, 6.45) is 0. The maximum absolute atomic E-state index is 5.44. The van der Waals surface area contributed by atoms with Gasteiger partial charge in [-0.1, -0.05) is 15.9 Å². The van der Waals surface area contributed by atoms with Crippen LogP contribution in [-0.2, 0) is 4.74 Å². The second-order valence-corrected chi connectivity index (χ2v) is 4.76. The van der Waals surface area contributed by atoms with Gasteiger partial charge in [0, 0.05) is 21.6 Å². The Labute approximate surface area is 111 Å². The van der Waals surface area contributed by atoms with E-state index in [2.05, 4.69) is 42.3 Å². The van der Waals surface area contributed by atoms with Crippen LogP contribution in [0.5, 0.6) is 0 Å². The van der Waals surface area contributed by atoms with E-state index < -0.39 is 0 Å². The Hall–Kier alpha value is -0.430. The van der Waals surface area contributed by atoms with Crippen LogP contribution in [0.4, 0.5) is 0 Å². The third kappa shape index (κ3) is 3.86.